The second-order valence-electron chi connectivity index (χ2n) is 9.53. The summed E-state index contributed by atoms with van der Waals surface area (Å²) in [5, 5.41) is 3.20. The summed E-state index contributed by atoms with van der Waals surface area (Å²) in [5.41, 5.74) is 7.17. The Labute approximate surface area is 222 Å². The van der Waals surface area contributed by atoms with Crippen molar-refractivity contribution in [1.82, 2.24) is 9.88 Å². The van der Waals surface area contributed by atoms with Gasteiger partial charge in [-0.2, -0.15) is 0 Å². The molecular weight excluding hydrogens is 494 g/mol. The van der Waals surface area contributed by atoms with Crippen LogP contribution in [0.25, 0.3) is 0 Å². The van der Waals surface area contributed by atoms with Gasteiger partial charge in [-0.25, -0.2) is 4.98 Å². The van der Waals surface area contributed by atoms with Crippen molar-refractivity contribution in [1.29, 1.82) is 0 Å². The molecule has 2 saturated heterocycles. The number of hydrogen-bond donors (Lipinski definition) is 2. The van der Waals surface area contributed by atoms with E-state index in [2.05, 4.69) is 10.2 Å². The van der Waals surface area contributed by atoms with Crippen molar-refractivity contribution in [3.63, 3.8) is 0 Å². The third-order valence-electron chi connectivity index (χ3n) is 6.79. The molecule has 2 aliphatic rings. The van der Waals surface area contributed by atoms with Crippen molar-refractivity contribution in [2.45, 2.75) is 32.1 Å². The second-order valence-corrected chi connectivity index (χ2v) is 9.90. The van der Waals surface area contributed by atoms with Gasteiger partial charge >= 0.3 is 0 Å². The molecule has 2 aliphatic heterocycles. The molecule has 1 atom stereocenters. The predicted octanol–water partition coefficient (Wildman–Crippen LogP) is 3.59. The lowest BCUT2D eigenvalue weighted by Crippen LogP contribution is -2.40. The summed E-state index contributed by atoms with van der Waals surface area (Å²) in [6, 6.07) is 10.6. The Morgan fingerprint density at radius 1 is 1.08 bits per heavy atom. The molecule has 37 heavy (non-hydrogen) atoms. The molecular formula is C27H34ClN5O4. The summed E-state index contributed by atoms with van der Waals surface area (Å²) in [6.07, 6.45) is 3.76. The average Bonchev–Trinajstić information content (AvgIpc) is 2.92. The number of nitrogens with two attached hydrogens (primary N) is 1. The molecule has 2 aromatic rings. The molecule has 3 heterocycles. The quantitative estimate of drug-likeness (QED) is 0.453. The van der Waals surface area contributed by atoms with Gasteiger partial charge in [-0.15, -0.1) is 11.6 Å². The van der Waals surface area contributed by atoms with Crippen LogP contribution in [0, 0.1) is 5.92 Å². The number of rotatable bonds is 10. The van der Waals surface area contributed by atoms with E-state index < -0.39 is 5.91 Å². The highest BCUT2D eigenvalue weighted by Gasteiger charge is 2.24. The van der Waals surface area contributed by atoms with Crippen molar-refractivity contribution in [2.75, 3.05) is 55.5 Å². The maximum atomic E-state index is 12.7. The fourth-order valence-electron chi connectivity index (χ4n) is 4.83. The van der Waals surface area contributed by atoms with Crippen molar-refractivity contribution in [3.8, 4) is 0 Å². The highest BCUT2D eigenvalue weighted by atomic mass is 35.5. The highest BCUT2D eigenvalue weighted by molar-refractivity contribution is 6.17. The minimum absolute atomic E-state index is 0.0337. The lowest BCUT2D eigenvalue weighted by molar-refractivity contribution is -0.120. The SMILES string of the molecule is NC(=O)c1ccc(N2CCC[C@@H](CC(=O)CCCCl)C2)nc1Nc1ccc(C(=O)N2CCOCC2)cc1. The first-order valence-electron chi connectivity index (χ1n) is 12.8. The fraction of sp³-hybridized carbons (Fsp3) is 0.481. The van der Waals surface area contributed by atoms with E-state index in [1.165, 1.54) is 0 Å². The number of hydrogen-bond acceptors (Lipinski definition) is 7. The molecule has 0 saturated carbocycles. The Kier molecular flexibility index (Phi) is 9.35. The van der Waals surface area contributed by atoms with E-state index in [4.69, 9.17) is 27.1 Å². The Morgan fingerprint density at radius 2 is 1.84 bits per heavy atom. The second kappa shape index (κ2) is 12.9. The standard InChI is InChI=1S/C27H34ClN5O4/c28-11-1-4-22(34)17-19-3-2-12-33(18-19)24-10-9-23(25(29)35)26(31-24)30-21-7-5-20(6-8-21)27(36)32-13-15-37-16-14-32/h5-10,19H,1-4,11-18H2,(H2,29,35)(H,30,31)/t19-/m0/s1. The maximum Gasteiger partial charge on any atom is 0.254 e. The third kappa shape index (κ3) is 7.20. The van der Waals surface area contributed by atoms with Gasteiger partial charge < -0.3 is 25.6 Å². The van der Waals surface area contributed by atoms with Crippen LogP contribution in [0.15, 0.2) is 36.4 Å². The van der Waals surface area contributed by atoms with Crippen molar-refractivity contribution in [2.24, 2.45) is 11.7 Å². The van der Waals surface area contributed by atoms with E-state index in [9.17, 15) is 14.4 Å². The third-order valence-corrected chi connectivity index (χ3v) is 7.05. The lowest BCUT2D eigenvalue weighted by Gasteiger charge is -2.33. The number of morpholine rings is 1. The van der Waals surface area contributed by atoms with E-state index in [0.717, 1.165) is 31.7 Å². The lowest BCUT2D eigenvalue weighted by atomic mass is 9.92. The number of nitrogens with zero attached hydrogens (tertiary/aromatic N) is 3. The largest absolute Gasteiger partial charge is 0.378 e. The summed E-state index contributed by atoms with van der Waals surface area (Å²) in [5.74, 6) is 1.49. The number of Topliss-reactive ketones (excluding diaryl/α,β-unsaturated/α-hetero) is 1. The highest BCUT2D eigenvalue weighted by Crippen LogP contribution is 2.28. The Balaban J connectivity index is 1.46. The molecule has 0 bridgehead atoms. The number of ether oxygens (including phenoxy) is 1. The van der Waals surface area contributed by atoms with Crippen LogP contribution in [-0.2, 0) is 9.53 Å². The topological polar surface area (TPSA) is 118 Å². The van der Waals surface area contributed by atoms with Gasteiger partial charge in [-0.1, -0.05) is 0 Å². The first-order valence-corrected chi connectivity index (χ1v) is 13.4. The smallest absolute Gasteiger partial charge is 0.254 e. The minimum atomic E-state index is -0.581. The van der Waals surface area contributed by atoms with Gasteiger partial charge in [0.15, 0.2) is 0 Å². The molecule has 3 N–H and O–H groups in total. The van der Waals surface area contributed by atoms with Crippen LogP contribution in [0.4, 0.5) is 17.3 Å². The van der Waals surface area contributed by atoms with Gasteiger partial charge in [0.1, 0.15) is 17.4 Å². The van der Waals surface area contributed by atoms with E-state index in [1.807, 2.05) is 0 Å². The van der Waals surface area contributed by atoms with Gasteiger partial charge in [0.25, 0.3) is 11.8 Å². The molecule has 1 aromatic carbocycles. The Bertz CT molecular complexity index is 1100. The number of ketones is 1. The molecule has 0 unspecified atom stereocenters. The number of primary amides is 1. The molecule has 10 heteroatoms. The number of alkyl halides is 1. The van der Waals surface area contributed by atoms with Gasteiger partial charge in [0, 0.05) is 56.2 Å². The molecule has 0 radical (unpaired) electrons. The number of pyridine rings is 1. The number of benzene rings is 1. The molecule has 2 amide bonds. The van der Waals surface area contributed by atoms with E-state index in [0.29, 0.717) is 68.5 Å². The molecule has 9 nitrogen and oxygen atoms in total. The van der Waals surface area contributed by atoms with Crippen LogP contribution in [0.3, 0.4) is 0 Å². The van der Waals surface area contributed by atoms with Crippen LogP contribution < -0.4 is 16.0 Å². The van der Waals surface area contributed by atoms with Crippen molar-refractivity contribution in [3.05, 3.63) is 47.5 Å². The number of carbonyl (C=O) groups excluding carboxylic acids is 3. The predicted molar refractivity (Wildman–Crippen MR) is 144 cm³/mol. The fourth-order valence-corrected chi connectivity index (χ4v) is 4.96. The monoisotopic (exact) mass is 527 g/mol. The van der Waals surface area contributed by atoms with Gasteiger partial charge in [-0.05, 0) is 61.6 Å². The number of halogens is 1. The minimum Gasteiger partial charge on any atom is -0.378 e. The van der Waals surface area contributed by atoms with Gasteiger partial charge in [0.05, 0.1) is 18.8 Å². The normalized spacial score (nSPS) is 17.9. The number of carbonyl (C=O) groups is 3. The first-order chi connectivity index (χ1) is 17.9. The number of piperidine rings is 1. The summed E-state index contributed by atoms with van der Waals surface area (Å²) in [7, 11) is 0. The van der Waals surface area contributed by atoms with Crippen LogP contribution in [0.2, 0.25) is 0 Å². The zero-order chi connectivity index (χ0) is 26.2. The Morgan fingerprint density at radius 3 is 2.54 bits per heavy atom. The van der Waals surface area contributed by atoms with Crippen LogP contribution >= 0.6 is 11.6 Å². The van der Waals surface area contributed by atoms with Gasteiger partial charge in [0.2, 0.25) is 0 Å². The van der Waals surface area contributed by atoms with Crippen LogP contribution in [0.1, 0.15) is 52.8 Å². The first kappa shape index (κ1) is 26.9. The zero-order valence-electron chi connectivity index (χ0n) is 21.0. The molecule has 198 valence electrons. The van der Waals surface area contributed by atoms with E-state index in [-0.39, 0.29) is 23.2 Å². The molecule has 4 rings (SSSR count). The number of anilines is 3. The van der Waals surface area contributed by atoms with E-state index >= 15 is 0 Å². The molecule has 2 fully saturated rings. The van der Waals surface area contributed by atoms with Crippen molar-refractivity contribution >= 4 is 46.5 Å². The Hall–Kier alpha value is -3.17. The van der Waals surface area contributed by atoms with Crippen LogP contribution in [-0.4, -0.2) is 72.8 Å². The molecule has 1 aromatic heterocycles. The number of aromatic nitrogens is 1. The summed E-state index contributed by atoms with van der Waals surface area (Å²) in [4.78, 5) is 45.7. The van der Waals surface area contributed by atoms with E-state index in [1.54, 1.807) is 41.3 Å². The molecule has 0 aliphatic carbocycles. The average molecular weight is 528 g/mol. The number of nitrogens with one attached hydrogen (secondary N) is 1. The zero-order valence-corrected chi connectivity index (χ0v) is 21.7. The number of amides is 2. The van der Waals surface area contributed by atoms with Gasteiger partial charge in [-0.3, -0.25) is 14.4 Å². The molecule has 0 spiro atoms. The summed E-state index contributed by atoms with van der Waals surface area (Å²) in [6.45, 7) is 3.81. The summed E-state index contributed by atoms with van der Waals surface area (Å²) < 4.78 is 5.32. The van der Waals surface area contributed by atoms with Crippen LogP contribution in [0.5, 0.6) is 0 Å². The van der Waals surface area contributed by atoms with Crippen molar-refractivity contribution < 1.29 is 19.1 Å². The maximum absolute atomic E-state index is 12.7. The summed E-state index contributed by atoms with van der Waals surface area (Å²) >= 11 is 5.72.